The summed E-state index contributed by atoms with van der Waals surface area (Å²) in [5.74, 6) is 3.41. The molecule has 4 rings (SSSR count). The lowest BCUT2D eigenvalue weighted by Gasteiger charge is -2.29. The van der Waals surface area contributed by atoms with Gasteiger partial charge in [-0.2, -0.15) is 0 Å². The van der Waals surface area contributed by atoms with E-state index in [0.717, 1.165) is 36.5 Å². The maximum atomic E-state index is 9.95. The summed E-state index contributed by atoms with van der Waals surface area (Å²) in [4.78, 5) is 0. The van der Waals surface area contributed by atoms with E-state index in [1.54, 1.807) is 0 Å². The third-order valence-electron chi connectivity index (χ3n) is 5.31. The van der Waals surface area contributed by atoms with Gasteiger partial charge >= 0.3 is 0 Å². The van der Waals surface area contributed by atoms with Crippen molar-refractivity contribution in [2.75, 3.05) is 0 Å². The molecule has 4 bridgehead atoms. The molecule has 2 heteroatoms. The topological polar surface area (TPSA) is 29.5 Å². The van der Waals surface area contributed by atoms with Gasteiger partial charge in [-0.15, -0.1) is 0 Å². The van der Waals surface area contributed by atoms with Crippen molar-refractivity contribution in [2.45, 2.75) is 50.4 Å². The Morgan fingerprint density at radius 1 is 0.929 bits per heavy atom. The first-order valence-corrected chi connectivity index (χ1v) is 6.18. The minimum Gasteiger partial charge on any atom is -0.390 e. The fourth-order valence-corrected chi connectivity index (χ4v) is 4.91. The van der Waals surface area contributed by atoms with Gasteiger partial charge in [-0.25, -0.2) is 0 Å². The van der Waals surface area contributed by atoms with Crippen LogP contribution in [-0.4, -0.2) is 23.4 Å². The molecule has 0 radical (unpaired) electrons. The lowest BCUT2D eigenvalue weighted by Crippen LogP contribution is -2.36. The molecular weight excluding hydrogens is 176 g/mol. The highest BCUT2D eigenvalue weighted by molar-refractivity contribution is 5.09. The highest BCUT2D eigenvalue weighted by atomic mass is 16.5. The van der Waals surface area contributed by atoms with Crippen molar-refractivity contribution in [1.29, 1.82) is 0 Å². The number of fused-ring (bicyclic) bond motifs is 9. The number of aliphatic hydroxyl groups excluding tert-OH is 1. The fourth-order valence-electron chi connectivity index (χ4n) is 4.91. The molecule has 2 nitrogen and oxygen atoms in total. The summed E-state index contributed by atoms with van der Waals surface area (Å²) < 4.78 is 6.01. The van der Waals surface area contributed by atoms with E-state index in [1.807, 2.05) is 0 Å². The van der Waals surface area contributed by atoms with E-state index in [0.29, 0.717) is 6.10 Å². The van der Waals surface area contributed by atoms with Gasteiger partial charge in [-0.1, -0.05) is 0 Å². The summed E-state index contributed by atoms with van der Waals surface area (Å²) >= 11 is 0. The van der Waals surface area contributed by atoms with E-state index in [9.17, 15) is 5.11 Å². The highest BCUT2D eigenvalue weighted by Gasteiger charge is 2.61. The van der Waals surface area contributed by atoms with E-state index < -0.39 is 0 Å². The first-order valence-electron chi connectivity index (χ1n) is 6.18. The van der Waals surface area contributed by atoms with Gasteiger partial charge in [0.2, 0.25) is 0 Å². The third kappa shape index (κ3) is 0.809. The molecule has 4 fully saturated rings. The molecule has 4 aliphatic rings. The van der Waals surface area contributed by atoms with Crippen LogP contribution in [0.5, 0.6) is 0 Å². The second-order valence-electron chi connectivity index (χ2n) is 5.77. The van der Waals surface area contributed by atoms with E-state index in [4.69, 9.17) is 4.74 Å². The van der Waals surface area contributed by atoms with Crippen LogP contribution in [0.4, 0.5) is 0 Å². The Hall–Kier alpha value is -0.0800. The maximum absolute atomic E-state index is 9.95. The van der Waals surface area contributed by atoms with E-state index in [-0.39, 0.29) is 12.2 Å². The minimum atomic E-state index is -0.152. The number of aliphatic hydroxyl groups is 1. The van der Waals surface area contributed by atoms with Gasteiger partial charge < -0.3 is 9.84 Å². The summed E-state index contributed by atoms with van der Waals surface area (Å²) in [6.07, 6.45) is 6.97. The predicted molar refractivity (Wildman–Crippen MR) is 51.7 cm³/mol. The van der Waals surface area contributed by atoms with Crippen molar-refractivity contribution in [2.24, 2.45) is 23.7 Å². The number of ether oxygens (including phenoxy) is 1. The molecule has 2 saturated carbocycles. The Morgan fingerprint density at radius 3 is 2.57 bits per heavy atom. The van der Waals surface area contributed by atoms with Crippen LogP contribution in [0.15, 0.2) is 0 Å². The van der Waals surface area contributed by atoms with Crippen LogP contribution >= 0.6 is 0 Å². The minimum absolute atomic E-state index is 0.152. The fraction of sp³-hybridized carbons (Fsp3) is 1.00. The van der Waals surface area contributed by atoms with Crippen LogP contribution in [0.2, 0.25) is 0 Å². The summed E-state index contributed by atoms with van der Waals surface area (Å²) in [5.41, 5.74) is 0. The predicted octanol–water partition coefficient (Wildman–Crippen LogP) is 1.57. The molecule has 14 heavy (non-hydrogen) atoms. The summed E-state index contributed by atoms with van der Waals surface area (Å²) in [5, 5.41) is 9.95. The summed E-state index contributed by atoms with van der Waals surface area (Å²) in [6, 6.07) is 0. The molecule has 2 heterocycles. The summed E-state index contributed by atoms with van der Waals surface area (Å²) in [7, 11) is 0. The molecule has 0 amide bonds. The number of rotatable bonds is 0. The van der Waals surface area contributed by atoms with E-state index in [1.165, 1.54) is 19.3 Å². The highest BCUT2D eigenvalue weighted by Crippen LogP contribution is 2.61. The van der Waals surface area contributed by atoms with Gasteiger partial charge in [0.05, 0.1) is 18.3 Å². The molecule has 7 unspecified atom stereocenters. The second kappa shape index (κ2) is 2.53. The third-order valence-corrected chi connectivity index (χ3v) is 5.31. The van der Waals surface area contributed by atoms with Gasteiger partial charge in [0.15, 0.2) is 0 Å². The van der Waals surface area contributed by atoms with Crippen LogP contribution in [0.1, 0.15) is 32.1 Å². The van der Waals surface area contributed by atoms with Crippen LogP contribution < -0.4 is 0 Å². The maximum Gasteiger partial charge on any atom is 0.0872 e. The van der Waals surface area contributed by atoms with Gasteiger partial charge in [0.25, 0.3) is 0 Å². The van der Waals surface area contributed by atoms with Crippen LogP contribution in [0, 0.1) is 23.7 Å². The molecular formula is C12H18O2. The molecule has 2 saturated heterocycles. The zero-order chi connectivity index (χ0) is 9.28. The van der Waals surface area contributed by atoms with Crippen molar-refractivity contribution < 1.29 is 9.84 Å². The molecule has 78 valence electrons. The van der Waals surface area contributed by atoms with Crippen LogP contribution in [-0.2, 0) is 4.74 Å². The van der Waals surface area contributed by atoms with Crippen molar-refractivity contribution in [3.63, 3.8) is 0 Å². The molecule has 0 aromatic rings. The Morgan fingerprint density at radius 2 is 1.71 bits per heavy atom. The SMILES string of the molecule is OC1CCC2OC1C1C3CCC(C3)C21. The van der Waals surface area contributed by atoms with Crippen molar-refractivity contribution in [1.82, 2.24) is 0 Å². The van der Waals surface area contributed by atoms with Gasteiger partial charge in [-0.05, 0) is 55.8 Å². The molecule has 7 atom stereocenters. The Kier molecular flexibility index (Phi) is 1.47. The first kappa shape index (κ1) is 8.12. The summed E-state index contributed by atoms with van der Waals surface area (Å²) in [6.45, 7) is 0. The molecule has 0 spiro atoms. The monoisotopic (exact) mass is 194 g/mol. The van der Waals surface area contributed by atoms with Crippen molar-refractivity contribution >= 4 is 0 Å². The molecule has 0 aromatic carbocycles. The van der Waals surface area contributed by atoms with Crippen LogP contribution in [0.25, 0.3) is 0 Å². The van der Waals surface area contributed by atoms with Gasteiger partial charge in [0, 0.05) is 0 Å². The van der Waals surface area contributed by atoms with E-state index in [2.05, 4.69) is 0 Å². The Bertz CT molecular complexity index is 265. The number of hydrogen-bond donors (Lipinski definition) is 1. The lowest BCUT2D eigenvalue weighted by molar-refractivity contribution is -0.0937. The average molecular weight is 194 g/mol. The molecule has 2 aliphatic carbocycles. The quantitative estimate of drug-likeness (QED) is 0.634. The number of hydrogen-bond acceptors (Lipinski definition) is 2. The second-order valence-corrected chi connectivity index (χ2v) is 5.77. The largest absolute Gasteiger partial charge is 0.390 e. The first-order chi connectivity index (χ1) is 6.84. The zero-order valence-corrected chi connectivity index (χ0v) is 8.43. The van der Waals surface area contributed by atoms with E-state index >= 15 is 0 Å². The Balaban J connectivity index is 1.73. The smallest absolute Gasteiger partial charge is 0.0872 e. The normalized spacial score (nSPS) is 64.5. The van der Waals surface area contributed by atoms with Crippen LogP contribution in [0.3, 0.4) is 0 Å². The van der Waals surface area contributed by atoms with Crippen molar-refractivity contribution in [3.8, 4) is 0 Å². The Labute approximate surface area is 84.6 Å². The lowest BCUT2D eigenvalue weighted by atomic mass is 9.76. The van der Waals surface area contributed by atoms with Gasteiger partial charge in [-0.3, -0.25) is 0 Å². The van der Waals surface area contributed by atoms with Crippen molar-refractivity contribution in [3.05, 3.63) is 0 Å². The average Bonchev–Trinajstić information content (AvgIpc) is 2.85. The molecule has 0 aromatic heterocycles. The zero-order valence-electron chi connectivity index (χ0n) is 8.43. The molecule has 2 aliphatic heterocycles. The van der Waals surface area contributed by atoms with Gasteiger partial charge in [0.1, 0.15) is 0 Å². The standard InChI is InChI=1S/C12H18O2/c13-8-3-4-9-10-6-1-2-7(5-6)11(10)12(8)14-9/h6-13H,1-5H2. The molecule has 1 N–H and O–H groups in total.